The molecule has 1 heterocycles. The quantitative estimate of drug-likeness (QED) is 0.632. The molecule has 2 amide bonds. The fourth-order valence-electron chi connectivity index (χ4n) is 1.37. The minimum absolute atomic E-state index is 0.202. The summed E-state index contributed by atoms with van der Waals surface area (Å²) in [5.41, 5.74) is 0.410. The van der Waals surface area contributed by atoms with E-state index in [2.05, 4.69) is 13.2 Å². The SMILES string of the molecule is C=CC1=C(C=C)C(=O)N(CC(C)=O)C1=O. The van der Waals surface area contributed by atoms with E-state index in [-0.39, 0.29) is 23.5 Å². The van der Waals surface area contributed by atoms with Gasteiger partial charge in [-0.25, -0.2) is 0 Å². The molecule has 0 aromatic heterocycles. The van der Waals surface area contributed by atoms with Crippen molar-refractivity contribution in [3.05, 3.63) is 36.5 Å². The van der Waals surface area contributed by atoms with Gasteiger partial charge >= 0.3 is 0 Å². The number of imide groups is 1. The Labute approximate surface area is 87.6 Å². The Kier molecular flexibility index (Phi) is 2.99. The number of carbonyl (C=O) groups is 3. The van der Waals surface area contributed by atoms with Gasteiger partial charge in [-0.15, -0.1) is 0 Å². The fraction of sp³-hybridized carbons (Fsp3) is 0.182. The molecule has 15 heavy (non-hydrogen) atoms. The van der Waals surface area contributed by atoms with E-state index in [0.29, 0.717) is 0 Å². The van der Waals surface area contributed by atoms with Crippen LogP contribution in [-0.4, -0.2) is 29.0 Å². The Bertz CT molecular complexity index is 374. The Balaban J connectivity index is 3.10. The molecule has 0 saturated heterocycles. The molecule has 1 aliphatic heterocycles. The van der Waals surface area contributed by atoms with Crippen LogP contribution < -0.4 is 0 Å². The van der Waals surface area contributed by atoms with Crippen LogP contribution in [0.1, 0.15) is 6.92 Å². The zero-order chi connectivity index (χ0) is 11.6. The molecule has 0 atom stereocenters. The summed E-state index contributed by atoms with van der Waals surface area (Å²) in [5.74, 6) is -1.22. The average Bonchev–Trinajstić information content (AvgIpc) is 2.40. The van der Waals surface area contributed by atoms with Crippen molar-refractivity contribution in [3.63, 3.8) is 0 Å². The maximum atomic E-state index is 11.6. The molecule has 0 aromatic carbocycles. The van der Waals surface area contributed by atoms with Gasteiger partial charge < -0.3 is 0 Å². The Morgan fingerprint density at radius 1 is 1.20 bits per heavy atom. The van der Waals surface area contributed by atoms with Crippen LogP contribution in [0.25, 0.3) is 0 Å². The summed E-state index contributed by atoms with van der Waals surface area (Å²) < 4.78 is 0. The molecule has 0 fully saturated rings. The van der Waals surface area contributed by atoms with Crippen LogP contribution in [-0.2, 0) is 14.4 Å². The van der Waals surface area contributed by atoms with Crippen molar-refractivity contribution < 1.29 is 14.4 Å². The third-order valence-electron chi connectivity index (χ3n) is 2.03. The first-order chi connectivity index (χ1) is 7.02. The molecule has 0 aromatic rings. The van der Waals surface area contributed by atoms with Gasteiger partial charge in [-0.3, -0.25) is 19.3 Å². The smallest absolute Gasteiger partial charge is 0.261 e. The van der Waals surface area contributed by atoms with Gasteiger partial charge in [-0.2, -0.15) is 0 Å². The number of rotatable bonds is 4. The normalized spacial score (nSPS) is 15.9. The topological polar surface area (TPSA) is 54.5 Å². The van der Waals surface area contributed by atoms with Crippen LogP contribution in [0.15, 0.2) is 36.5 Å². The van der Waals surface area contributed by atoms with Gasteiger partial charge in [0, 0.05) is 0 Å². The number of hydrogen-bond acceptors (Lipinski definition) is 3. The van der Waals surface area contributed by atoms with E-state index < -0.39 is 11.8 Å². The zero-order valence-corrected chi connectivity index (χ0v) is 8.45. The highest BCUT2D eigenvalue weighted by atomic mass is 16.2. The molecule has 4 nitrogen and oxygen atoms in total. The summed E-state index contributed by atoms with van der Waals surface area (Å²) in [5, 5.41) is 0. The summed E-state index contributed by atoms with van der Waals surface area (Å²) in [6.45, 7) is 8.02. The first-order valence-electron chi connectivity index (χ1n) is 4.37. The first kappa shape index (κ1) is 11.1. The van der Waals surface area contributed by atoms with Gasteiger partial charge in [0.2, 0.25) is 0 Å². The number of Topliss-reactive ketones (excluding diaryl/α,β-unsaturated/α-hetero) is 1. The summed E-state index contributed by atoms with van der Waals surface area (Å²) in [6, 6.07) is 0. The van der Waals surface area contributed by atoms with Crippen molar-refractivity contribution in [2.45, 2.75) is 6.92 Å². The number of ketones is 1. The monoisotopic (exact) mass is 205 g/mol. The predicted octanol–water partition coefficient (Wildman–Crippen LogP) is 0.613. The highest BCUT2D eigenvalue weighted by molar-refractivity contribution is 6.22. The van der Waals surface area contributed by atoms with Crippen molar-refractivity contribution in [2.75, 3.05) is 6.54 Å². The standard InChI is InChI=1S/C11H11NO3/c1-4-8-9(5-2)11(15)12(10(8)14)6-7(3)13/h4-5H,1-2,6H2,3H3. The predicted molar refractivity (Wildman–Crippen MR) is 54.8 cm³/mol. The van der Waals surface area contributed by atoms with Crippen LogP contribution in [0, 0.1) is 0 Å². The molecule has 0 aliphatic carbocycles. The van der Waals surface area contributed by atoms with Crippen LogP contribution >= 0.6 is 0 Å². The molecule has 1 aliphatic rings. The lowest BCUT2D eigenvalue weighted by Crippen LogP contribution is -2.35. The maximum Gasteiger partial charge on any atom is 0.261 e. The maximum absolute atomic E-state index is 11.6. The van der Waals surface area contributed by atoms with Gasteiger partial charge in [0.15, 0.2) is 0 Å². The summed E-state index contributed by atoms with van der Waals surface area (Å²) >= 11 is 0. The molecule has 0 saturated carbocycles. The molecule has 0 N–H and O–H groups in total. The zero-order valence-electron chi connectivity index (χ0n) is 8.45. The lowest BCUT2D eigenvalue weighted by Gasteiger charge is -2.11. The lowest BCUT2D eigenvalue weighted by molar-refractivity contribution is -0.140. The van der Waals surface area contributed by atoms with Gasteiger partial charge in [-0.1, -0.05) is 25.3 Å². The molecule has 4 heteroatoms. The fourth-order valence-corrected chi connectivity index (χ4v) is 1.37. The van der Waals surface area contributed by atoms with E-state index in [0.717, 1.165) is 4.90 Å². The molecule has 1 rings (SSSR count). The number of hydrogen-bond donors (Lipinski definition) is 0. The highest BCUT2D eigenvalue weighted by Crippen LogP contribution is 2.21. The summed E-state index contributed by atoms with van der Waals surface area (Å²) in [6.07, 6.45) is 2.61. The van der Waals surface area contributed by atoms with Crippen molar-refractivity contribution >= 4 is 17.6 Å². The molecule has 78 valence electrons. The second kappa shape index (κ2) is 4.04. The molecule has 0 radical (unpaired) electrons. The molecular weight excluding hydrogens is 194 g/mol. The van der Waals surface area contributed by atoms with E-state index in [9.17, 15) is 14.4 Å². The van der Waals surface area contributed by atoms with Gasteiger partial charge in [0.05, 0.1) is 17.7 Å². The van der Waals surface area contributed by atoms with Crippen LogP contribution in [0.4, 0.5) is 0 Å². The van der Waals surface area contributed by atoms with E-state index in [4.69, 9.17) is 0 Å². The van der Waals surface area contributed by atoms with Crippen LogP contribution in [0.2, 0.25) is 0 Å². The molecule has 0 bridgehead atoms. The van der Waals surface area contributed by atoms with Gasteiger partial charge in [0.1, 0.15) is 5.78 Å². The third kappa shape index (κ3) is 1.79. The van der Waals surface area contributed by atoms with Gasteiger partial charge in [-0.05, 0) is 6.92 Å². The third-order valence-corrected chi connectivity index (χ3v) is 2.03. The molecule has 0 spiro atoms. The van der Waals surface area contributed by atoms with Crippen molar-refractivity contribution in [3.8, 4) is 0 Å². The minimum atomic E-state index is -0.486. The first-order valence-corrected chi connectivity index (χ1v) is 4.37. The molecular formula is C11H11NO3. The lowest BCUT2D eigenvalue weighted by atomic mass is 10.1. The van der Waals surface area contributed by atoms with Gasteiger partial charge in [0.25, 0.3) is 11.8 Å². The van der Waals surface area contributed by atoms with E-state index in [1.165, 1.54) is 19.1 Å². The van der Waals surface area contributed by atoms with Crippen molar-refractivity contribution in [1.82, 2.24) is 4.90 Å². The Morgan fingerprint density at radius 2 is 1.60 bits per heavy atom. The van der Waals surface area contributed by atoms with E-state index >= 15 is 0 Å². The number of nitrogens with zero attached hydrogens (tertiary/aromatic N) is 1. The highest BCUT2D eigenvalue weighted by Gasteiger charge is 2.35. The Morgan fingerprint density at radius 3 is 1.87 bits per heavy atom. The summed E-state index contributed by atoms with van der Waals surface area (Å²) in [7, 11) is 0. The second-order valence-electron chi connectivity index (χ2n) is 3.13. The number of amides is 2. The van der Waals surface area contributed by atoms with Crippen LogP contribution in [0.5, 0.6) is 0 Å². The van der Waals surface area contributed by atoms with Crippen LogP contribution in [0.3, 0.4) is 0 Å². The van der Waals surface area contributed by atoms with Crippen molar-refractivity contribution in [1.29, 1.82) is 0 Å². The second-order valence-corrected chi connectivity index (χ2v) is 3.13. The summed E-state index contributed by atoms with van der Waals surface area (Å²) in [4.78, 5) is 35.0. The van der Waals surface area contributed by atoms with E-state index in [1.807, 2.05) is 0 Å². The average molecular weight is 205 g/mol. The molecule has 0 unspecified atom stereocenters. The van der Waals surface area contributed by atoms with Crippen molar-refractivity contribution in [2.24, 2.45) is 0 Å². The largest absolute Gasteiger partial charge is 0.298 e. The Hall–Kier alpha value is -1.97. The van der Waals surface area contributed by atoms with E-state index in [1.54, 1.807) is 0 Å². The minimum Gasteiger partial charge on any atom is -0.298 e. The number of carbonyl (C=O) groups excluding carboxylic acids is 3.